The lowest BCUT2D eigenvalue weighted by atomic mass is 10.2. The first-order chi connectivity index (χ1) is 6.70. The summed E-state index contributed by atoms with van der Waals surface area (Å²) in [5, 5.41) is 2.76. The smallest absolute Gasteiger partial charge is 0.374 e. The zero-order valence-corrected chi connectivity index (χ0v) is 8.50. The van der Waals surface area contributed by atoms with E-state index in [2.05, 4.69) is 10.1 Å². The van der Waals surface area contributed by atoms with Gasteiger partial charge in [0, 0.05) is 0 Å². The van der Waals surface area contributed by atoms with Crippen LogP contribution in [0.25, 0.3) is 0 Å². The molecule has 0 amide bonds. The van der Waals surface area contributed by atoms with Crippen LogP contribution in [0.1, 0.15) is 6.92 Å². The van der Waals surface area contributed by atoms with Gasteiger partial charge in [-0.3, -0.25) is 0 Å². The van der Waals surface area contributed by atoms with E-state index in [1.807, 2.05) is 0 Å². The van der Waals surface area contributed by atoms with E-state index in [4.69, 9.17) is 0 Å². The zero-order chi connectivity index (χ0) is 12.1. The molecule has 0 aromatic heterocycles. The van der Waals surface area contributed by atoms with Crippen LogP contribution in [0.5, 0.6) is 0 Å². The predicted molar refractivity (Wildman–Crippen MR) is 44.9 cm³/mol. The normalized spacial score (nSPS) is 15.4. The molecule has 0 aliphatic rings. The number of rotatable bonds is 6. The molecule has 1 unspecified atom stereocenters. The lowest BCUT2D eigenvalue weighted by Crippen LogP contribution is -2.41. The van der Waals surface area contributed by atoms with Gasteiger partial charge in [-0.2, -0.15) is 22.0 Å². The Morgan fingerprint density at radius 3 is 2.13 bits per heavy atom. The topological polar surface area (TPSA) is 21.3 Å². The maximum absolute atomic E-state index is 12.3. The third-order valence-corrected chi connectivity index (χ3v) is 1.65. The molecule has 0 heterocycles. The van der Waals surface area contributed by atoms with E-state index in [9.17, 15) is 22.0 Å². The maximum Gasteiger partial charge on any atom is 0.455 e. The Balaban J connectivity index is 3.85. The Bertz CT molecular complexity index is 182. The first-order valence-electron chi connectivity index (χ1n) is 4.37. The Morgan fingerprint density at radius 2 is 1.73 bits per heavy atom. The second-order valence-electron chi connectivity index (χ2n) is 3.38. The van der Waals surface area contributed by atoms with Gasteiger partial charge in [0.05, 0.1) is 6.61 Å². The molecule has 1 N–H and O–H groups in total. The lowest BCUT2D eigenvalue weighted by Gasteiger charge is -2.20. The average molecular weight is 235 g/mol. The summed E-state index contributed by atoms with van der Waals surface area (Å²) < 4.78 is 63.9. The van der Waals surface area contributed by atoms with Crippen molar-refractivity contribution in [3.8, 4) is 0 Å². The Morgan fingerprint density at radius 1 is 1.20 bits per heavy atom. The minimum absolute atomic E-state index is 0.112. The van der Waals surface area contributed by atoms with E-state index >= 15 is 0 Å². The van der Waals surface area contributed by atoms with Crippen molar-refractivity contribution in [1.82, 2.24) is 5.32 Å². The summed E-state index contributed by atoms with van der Waals surface area (Å²) in [5.74, 6) is -4.88. The van der Waals surface area contributed by atoms with Crippen LogP contribution < -0.4 is 5.32 Å². The second-order valence-corrected chi connectivity index (χ2v) is 3.38. The molecule has 0 spiro atoms. The highest BCUT2D eigenvalue weighted by Gasteiger charge is 2.57. The van der Waals surface area contributed by atoms with E-state index in [1.54, 1.807) is 14.0 Å². The fraction of sp³-hybridized carbons (Fsp3) is 1.00. The highest BCUT2D eigenvalue weighted by molar-refractivity contribution is 4.75. The second kappa shape index (κ2) is 5.60. The molecule has 92 valence electrons. The van der Waals surface area contributed by atoms with Crippen LogP contribution in [0.15, 0.2) is 0 Å². The molecule has 0 saturated heterocycles. The molecule has 2 nitrogen and oxygen atoms in total. The van der Waals surface area contributed by atoms with Gasteiger partial charge in [0.2, 0.25) is 0 Å². The summed E-state index contributed by atoms with van der Waals surface area (Å²) in [6.07, 6.45) is -5.54. The van der Waals surface area contributed by atoms with Crippen molar-refractivity contribution in [1.29, 1.82) is 0 Å². The van der Waals surface area contributed by atoms with Crippen molar-refractivity contribution in [2.75, 3.05) is 26.8 Å². The number of hydrogen-bond donors (Lipinski definition) is 1. The summed E-state index contributed by atoms with van der Waals surface area (Å²) in [7, 11) is 1.65. The van der Waals surface area contributed by atoms with Crippen molar-refractivity contribution < 1.29 is 26.7 Å². The molecule has 0 saturated carbocycles. The molecule has 15 heavy (non-hydrogen) atoms. The highest BCUT2D eigenvalue weighted by Crippen LogP contribution is 2.35. The Hall–Kier alpha value is -0.430. The van der Waals surface area contributed by atoms with E-state index in [0.29, 0.717) is 6.54 Å². The summed E-state index contributed by atoms with van der Waals surface area (Å²) in [6, 6.07) is 0. The number of alkyl halides is 5. The number of nitrogens with one attached hydrogen (secondary N) is 1. The van der Waals surface area contributed by atoms with Crippen molar-refractivity contribution in [2.24, 2.45) is 5.92 Å². The van der Waals surface area contributed by atoms with Gasteiger partial charge in [-0.05, 0) is 19.5 Å². The van der Waals surface area contributed by atoms with Crippen molar-refractivity contribution in [3.63, 3.8) is 0 Å². The molecule has 0 aromatic carbocycles. The molecular formula is C8H14F5NO. The van der Waals surface area contributed by atoms with Gasteiger partial charge in [0.1, 0.15) is 6.61 Å². The van der Waals surface area contributed by atoms with Crippen LogP contribution in [-0.2, 0) is 4.74 Å². The van der Waals surface area contributed by atoms with Gasteiger partial charge in [-0.1, -0.05) is 6.92 Å². The van der Waals surface area contributed by atoms with Crippen LogP contribution in [0.3, 0.4) is 0 Å². The largest absolute Gasteiger partial charge is 0.455 e. The van der Waals surface area contributed by atoms with Crippen LogP contribution in [0.4, 0.5) is 22.0 Å². The molecule has 0 rings (SSSR count). The van der Waals surface area contributed by atoms with Crippen LogP contribution in [0, 0.1) is 5.92 Å². The van der Waals surface area contributed by atoms with Gasteiger partial charge in [0.15, 0.2) is 0 Å². The maximum atomic E-state index is 12.3. The van der Waals surface area contributed by atoms with E-state index in [0.717, 1.165) is 0 Å². The van der Waals surface area contributed by atoms with Crippen molar-refractivity contribution >= 4 is 0 Å². The van der Waals surface area contributed by atoms with Crippen LogP contribution in [0.2, 0.25) is 0 Å². The molecule has 0 bridgehead atoms. The number of halogens is 5. The highest BCUT2D eigenvalue weighted by atomic mass is 19.4. The molecule has 0 aliphatic heterocycles. The summed E-state index contributed by atoms with van der Waals surface area (Å²) in [6.45, 7) is 0.427. The van der Waals surface area contributed by atoms with Gasteiger partial charge >= 0.3 is 12.1 Å². The van der Waals surface area contributed by atoms with E-state index < -0.39 is 18.7 Å². The fourth-order valence-corrected chi connectivity index (χ4v) is 0.878. The Kier molecular flexibility index (Phi) is 5.44. The standard InChI is InChI=1S/C8H14F5NO/c1-6(3-14-2)4-15-5-7(9,10)8(11,12)13/h6,14H,3-5H2,1-2H3. The molecular weight excluding hydrogens is 221 g/mol. The Labute approximate surface area is 84.8 Å². The minimum atomic E-state index is -5.54. The van der Waals surface area contributed by atoms with Crippen molar-refractivity contribution in [2.45, 2.75) is 19.0 Å². The predicted octanol–water partition coefficient (Wildman–Crippen LogP) is 2.06. The first kappa shape index (κ1) is 14.6. The zero-order valence-electron chi connectivity index (χ0n) is 8.50. The SMILES string of the molecule is CNCC(C)COCC(F)(F)C(F)(F)F. The van der Waals surface area contributed by atoms with Gasteiger partial charge in [0.25, 0.3) is 0 Å². The molecule has 0 radical (unpaired) electrons. The van der Waals surface area contributed by atoms with Crippen LogP contribution >= 0.6 is 0 Å². The number of hydrogen-bond acceptors (Lipinski definition) is 2. The summed E-state index contributed by atoms with van der Waals surface area (Å²) in [5.41, 5.74) is 0. The minimum Gasteiger partial charge on any atom is -0.374 e. The van der Waals surface area contributed by atoms with Crippen LogP contribution in [-0.4, -0.2) is 38.9 Å². The van der Waals surface area contributed by atoms with Gasteiger partial charge < -0.3 is 10.1 Å². The van der Waals surface area contributed by atoms with E-state index in [-0.39, 0.29) is 12.5 Å². The quantitative estimate of drug-likeness (QED) is 0.711. The summed E-state index contributed by atoms with van der Waals surface area (Å²) >= 11 is 0. The van der Waals surface area contributed by atoms with Gasteiger partial charge in [-0.15, -0.1) is 0 Å². The fourth-order valence-electron chi connectivity index (χ4n) is 0.878. The molecule has 0 aromatic rings. The number of ether oxygens (including phenoxy) is 1. The monoisotopic (exact) mass is 235 g/mol. The van der Waals surface area contributed by atoms with E-state index in [1.165, 1.54) is 0 Å². The lowest BCUT2D eigenvalue weighted by molar-refractivity contribution is -0.297. The molecule has 0 fully saturated rings. The third kappa shape index (κ3) is 5.27. The molecule has 1 atom stereocenters. The van der Waals surface area contributed by atoms with Gasteiger partial charge in [-0.25, -0.2) is 0 Å². The third-order valence-electron chi connectivity index (χ3n) is 1.65. The van der Waals surface area contributed by atoms with Crippen molar-refractivity contribution in [3.05, 3.63) is 0 Å². The average Bonchev–Trinajstić information content (AvgIpc) is 2.01. The molecule has 0 aliphatic carbocycles. The molecule has 7 heteroatoms. The first-order valence-corrected chi connectivity index (χ1v) is 4.37. The summed E-state index contributed by atoms with van der Waals surface area (Å²) in [4.78, 5) is 0.